The SMILES string of the molecule is CCC1COCCN1c1nc(C2CC2)nc(N)c1C. The lowest BCUT2D eigenvalue weighted by atomic mass is 10.1. The molecule has 1 saturated heterocycles. The van der Waals surface area contributed by atoms with E-state index in [1.165, 1.54) is 12.8 Å². The van der Waals surface area contributed by atoms with Gasteiger partial charge in [-0.15, -0.1) is 0 Å². The second kappa shape index (κ2) is 4.96. The van der Waals surface area contributed by atoms with Crippen molar-refractivity contribution in [2.45, 2.75) is 45.1 Å². The Kier molecular flexibility index (Phi) is 3.31. The zero-order valence-corrected chi connectivity index (χ0v) is 11.7. The van der Waals surface area contributed by atoms with Gasteiger partial charge in [-0.1, -0.05) is 6.92 Å². The molecule has 5 nitrogen and oxygen atoms in total. The molecular weight excluding hydrogens is 240 g/mol. The standard InChI is InChI=1S/C14H22N4O/c1-3-11-8-19-7-6-18(11)14-9(2)12(15)16-13(17-14)10-4-5-10/h10-11H,3-8H2,1-2H3,(H2,15,16,17). The highest BCUT2D eigenvalue weighted by Gasteiger charge is 2.30. The predicted octanol–water partition coefficient (Wildman–Crippen LogP) is 1.86. The van der Waals surface area contributed by atoms with Gasteiger partial charge in [0.15, 0.2) is 0 Å². The molecule has 1 aromatic rings. The lowest BCUT2D eigenvalue weighted by Gasteiger charge is -2.37. The molecule has 0 radical (unpaired) electrons. The third kappa shape index (κ3) is 2.39. The minimum atomic E-state index is 0.397. The van der Waals surface area contributed by atoms with Crippen LogP contribution in [0.4, 0.5) is 11.6 Å². The van der Waals surface area contributed by atoms with E-state index in [4.69, 9.17) is 15.5 Å². The number of morpholine rings is 1. The number of nitrogens with two attached hydrogens (primary N) is 1. The van der Waals surface area contributed by atoms with Crippen LogP contribution >= 0.6 is 0 Å². The fraction of sp³-hybridized carbons (Fsp3) is 0.714. The van der Waals surface area contributed by atoms with Crippen molar-refractivity contribution in [2.75, 3.05) is 30.4 Å². The molecule has 1 saturated carbocycles. The predicted molar refractivity (Wildman–Crippen MR) is 75.4 cm³/mol. The average Bonchev–Trinajstić information content (AvgIpc) is 3.26. The molecule has 2 fully saturated rings. The van der Waals surface area contributed by atoms with E-state index in [0.29, 0.717) is 17.8 Å². The third-order valence-corrected chi connectivity index (χ3v) is 4.09. The second-order valence-electron chi connectivity index (χ2n) is 5.52. The van der Waals surface area contributed by atoms with E-state index >= 15 is 0 Å². The molecule has 2 N–H and O–H groups in total. The Morgan fingerprint density at radius 1 is 1.37 bits per heavy atom. The fourth-order valence-corrected chi connectivity index (χ4v) is 2.61. The number of ether oxygens (including phenoxy) is 1. The number of hydrogen-bond acceptors (Lipinski definition) is 5. The van der Waals surface area contributed by atoms with Crippen molar-refractivity contribution >= 4 is 11.6 Å². The van der Waals surface area contributed by atoms with Gasteiger partial charge in [0.05, 0.1) is 19.3 Å². The van der Waals surface area contributed by atoms with Crippen LogP contribution in [0.1, 0.15) is 43.5 Å². The summed E-state index contributed by atoms with van der Waals surface area (Å²) in [5.41, 5.74) is 7.08. The maximum absolute atomic E-state index is 6.07. The molecule has 1 aliphatic carbocycles. The highest BCUT2D eigenvalue weighted by molar-refractivity contribution is 5.57. The van der Waals surface area contributed by atoms with Gasteiger partial charge in [-0.3, -0.25) is 0 Å². The van der Waals surface area contributed by atoms with Crippen LogP contribution < -0.4 is 10.6 Å². The van der Waals surface area contributed by atoms with E-state index < -0.39 is 0 Å². The molecule has 1 aromatic heterocycles. The van der Waals surface area contributed by atoms with Crippen molar-refractivity contribution in [1.82, 2.24) is 9.97 Å². The first kappa shape index (κ1) is 12.7. The highest BCUT2D eigenvalue weighted by atomic mass is 16.5. The number of rotatable bonds is 3. The lowest BCUT2D eigenvalue weighted by Crippen LogP contribution is -2.46. The molecule has 19 heavy (non-hydrogen) atoms. The van der Waals surface area contributed by atoms with Crippen LogP contribution in [-0.2, 0) is 4.74 Å². The zero-order valence-electron chi connectivity index (χ0n) is 11.7. The fourth-order valence-electron chi connectivity index (χ4n) is 2.61. The molecular formula is C14H22N4O. The first-order valence-electron chi connectivity index (χ1n) is 7.19. The summed E-state index contributed by atoms with van der Waals surface area (Å²) in [7, 11) is 0. The summed E-state index contributed by atoms with van der Waals surface area (Å²) in [6.45, 7) is 6.63. The summed E-state index contributed by atoms with van der Waals surface area (Å²) >= 11 is 0. The molecule has 2 heterocycles. The smallest absolute Gasteiger partial charge is 0.137 e. The van der Waals surface area contributed by atoms with Crippen LogP contribution in [0.5, 0.6) is 0 Å². The summed E-state index contributed by atoms with van der Waals surface area (Å²) in [4.78, 5) is 11.6. The van der Waals surface area contributed by atoms with Crippen LogP contribution in [0.3, 0.4) is 0 Å². The zero-order chi connectivity index (χ0) is 13.4. The Hall–Kier alpha value is -1.36. The van der Waals surface area contributed by atoms with Gasteiger partial charge in [-0.2, -0.15) is 0 Å². The van der Waals surface area contributed by atoms with Crippen LogP contribution in [0, 0.1) is 6.92 Å². The van der Waals surface area contributed by atoms with E-state index in [0.717, 1.165) is 43.4 Å². The molecule has 104 valence electrons. The van der Waals surface area contributed by atoms with Gasteiger partial charge >= 0.3 is 0 Å². The van der Waals surface area contributed by atoms with Gasteiger partial charge in [-0.25, -0.2) is 9.97 Å². The molecule has 1 aliphatic heterocycles. The van der Waals surface area contributed by atoms with Crippen LogP contribution in [-0.4, -0.2) is 35.8 Å². The van der Waals surface area contributed by atoms with Gasteiger partial charge in [0.2, 0.25) is 0 Å². The van der Waals surface area contributed by atoms with E-state index in [9.17, 15) is 0 Å². The molecule has 5 heteroatoms. The highest BCUT2D eigenvalue weighted by Crippen LogP contribution is 2.40. The van der Waals surface area contributed by atoms with Crippen molar-refractivity contribution < 1.29 is 4.74 Å². The summed E-state index contributed by atoms with van der Waals surface area (Å²) in [6, 6.07) is 0.397. The first-order valence-corrected chi connectivity index (χ1v) is 7.19. The first-order chi connectivity index (χ1) is 9.20. The van der Waals surface area contributed by atoms with Gasteiger partial charge in [0.25, 0.3) is 0 Å². The molecule has 3 rings (SSSR count). The summed E-state index contributed by atoms with van der Waals surface area (Å²) in [5, 5.41) is 0. The minimum Gasteiger partial charge on any atom is -0.383 e. The van der Waals surface area contributed by atoms with Crippen molar-refractivity contribution in [3.05, 3.63) is 11.4 Å². The van der Waals surface area contributed by atoms with Crippen molar-refractivity contribution in [2.24, 2.45) is 0 Å². The average molecular weight is 262 g/mol. The Morgan fingerprint density at radius 3 is 2.84 bits per heavy atom. The number of anilines is 2. The van der Waals surface area contributed by atoms with Gasteiger partial charge in [0.1, 0.15) is 17.5 Å². The molecule has 0 spiro atoms. The van der Waals surface area contributed by atoms with E-state index in [2.05, 4.69) is 16.8 Å². The molecule has 1 unspecified atom stereocenters. The van der Waals surface area contributed by atoms with Crippen molar-refractivity contribution in [3.63, 3.8) is 0 Å². The molecule has 0 amide bonds. The molecule has 1 atom stereocenters. The Labute approximate surface area is 114 Å². The van der Waals surface area contributed by atoms with Gasteiger partial charge in [-0.05, 0) is 26.2 Å². The summed E-state index contributed by atoms with van der Waals surface area (Å²) in [5.74, 6) is 3.11. The summed E-state index contributed by atoms with van der Waals surface area (Å²) < 4.78 is 5.57. The van der Waals surface area contributed by atoms with E-state index in [1.807, 2.05) is 6.92 Å². The van der Waals surface area contributed by atoms with E-state index in [-0.39, 0.29) is 0 Å². The lowest BCUT2D eigenvalue weighted by molar-refractivity contribution is 0.0925. The second-order valence-corrected chi connectivity index (χ2v) is 5.52. The third-order valence-electron chi connectivity index (χ3n) is 4.09. The normalized spacial score (nSPS) is 23.7. The maximum Gasteiger partial charge on any atom is 0.137 e. The van der Waals surface area contributed by atoms with Crippen molar-refractivity contribution in [3.8, 4) is 0 Å². The van der Waals surface area contributed by atoms with Gasteiger partial charge in [0, 0.05) is 18.0 Å². The number of nitrogens with zero attached hydrogens (tertiary/aromatic N) is 3. The van der Waals surface area contributed by atoms with Crippen molar-refractivity contribution in [1.29, 1.82) is 0 Å². The largest absolute Gasteiger partial charge is 0.383 e. The van der Waals surface area contributed by atoms with E-state index in [1.54, 1.807) is 0 Å². The number of hydrogen-bond donors (Lipinski definition) is 1. The van der Waals surface area contributed by atoms with Crippen LogP contribution in [0.2, 0.25) is 0 Å². The minimum absolute atomic E-state index is 0.397. The Balaban J connectivity index is 1.97. The quantitative estimate of drug-likeness (QED) is 0.900. The molecule has 0 aromatic carbocycles. The van der Waals surface area contributed by atoms with Crippen LogP contribution in [0.15, 0.2) is 0 Å². The maximum atomic E-state index is 6.07. The number of nitrogen functional groups attached to an aromatic ring is 1. The molecule has 2 aliphatic rings. The monoisotopic (exact) mass is 262 g/mol. The topological polar surface area (TPSA) is 64.3 Å². The van der Waals surface area contributed by atoms with Crippen LogP contribution in [0.25, 0.3) is 0 Å². The Morgan fingerprint density at radius 2 is 2.16 bits per heavy atom. The Bertz CT molecular complexity index is 473. The summed E-state index contributed by atoms with van der Waals surface area (Å²) in [6.07, 6.45) is 3.45. The van der Waals surface area contributed by atoms with Gasteiger partial charge < -0.3 is 15.4 Å². The molecule has 0 bridgehead atoms. The number of aromatic nitrogens is 2.